The van der Waals surface area contributed by atoms with Crippen molar-refractivity contribution in [1.82, 2.24) is 20.0 Å². The van der Waals surface area contributed by atoms with Crippen LogP contribution in [0.25, 0.3) is 11.0 Å². The van der Waals surface area contributed by atoms with Crippen molar-refractivity contribution < 1.29 is 0 Å². The Morgan fingerprint density at radius 1 is 1.41 bits per heavy atom. The molecule has 3 N–H and O–H groups in total. The molecular weight excluding hydrogens is 214 g/mol. The molecule has 5 heteroatoms. The molecule has 2 aromatic heterocycles. The summed E-state index contributed by atoms with van der Waals surface area (Å²) >= 11 is 0. The van der Waals surface area contributed by atoms with Crippen molar-refractivity contribution in [2.75, 3.05) is 5.73 Å². The Bertz CT molecular complexity index is 518. The Balaban J connectivity index is 2.11. The standard InChI is InChI=1S/C12H19N5/c1-2-5-9-10-11(13)14-15-12(10)17(16-9)8-6-3-4-7-8/h8H,2-7H2,1H3,(H3,13,14,15). The molecule has 0 spiro atoms. The summed E-state index contributed by atoms with van der Waals surface area (Å²) in [7, 11) is 0. The minimum Gasteiger partial charge on any atom is -0.383 e. The fraction of sp³-hybridized carbons (Fsp3) is 0.667. The number of nitrogens with one attached hydrogen (secondary N) is 1. The number of nitrogen functional groups attached to an aromatic ring is 1. The van der Waals surface area contributed by atoms with E-state index in [-0.39, 0.29) is 0 Å². The van der Waals surface area contributed by atoms with Gasteiger partial charge in [-0.25, -0.2) is 4.68 Å². The molecule has 0 saturated heterocycles. The van der Waals surface area contributed by atoms with Crippen LogP contribution in [0.5, 0.6) is 0 Å². The molecule has 2 heterocycles. The van der Waals surface area contributed by atoms with E-state index >= 15 is 0 Å². The maximum atomic E-state index is 5.95. The Kier molecular flexibility index (Phi) is 2.53. The van der Waals surface area contributed by atoms with Gasteiger partial charge >= 0.3 is 0 Å². The second kappa shape index (κ2) is 4.05. The van der Waals surface area contributed by atoms with Crippen molar-refractivity contribution in [3.8, 4) is 0 Å². The Hall–Kier alpha value is -1.52. The maximum Gasteiger partial charge on any atom is 0.182 e. The average molecular weight is 233 g/mol. The van der Waals surface area contributed by atoms with Gasteiger partial charge in [-0.05, 0) is 19.3 Å². The summed E-state index contributed by atoms with van der Waals surface area (Å²) < 4.78 is 2.10. The highest BCUT2D eigenvalue weighted by atomic mass is 15.4. The number of aromatic nitrogens is 4. The largest absolute Gasteiger partial charge is 0.383 e. The van der Waals surface area contributed by atoms with Crippen molar-refractivity contribution in [3.05, 3.63) is 5.69 Å². The fourth-order valence-corrected chi connectivity index (χ4v) is 2.84. The lowest BCUT2D eigenvalue weighted by atomic mass is 10.2. The third kappa shape index (κ3) is 1.61. The average Bonchev–Trinajstić information content (AvgIpc) is 2.99. The van der Waals surface area contributed by atoms with Gasteiger partial charge < -0.3 is 5.73 Å². The van der Waals surface area contributed by atoms with Gasteiger partial charge in [0, 0.05) is 0 Å². The van der Waals surface area contributed by atoms with Gasteiger partial charge in [0.05, 0.1) is 17.1 Å². The minimum absolute atomic E-state index is 0.519. The number of aryl methyl sites for hydroxylation is 1. The predicted octanol–water partition coefficient (Wildman–Crippen LogP) is 2.41. The second-order valence-electron chi connectivity index (χ2n) is 4.92. The lowest BCUT2D eigenvalue weighted by Crippen LogP contribution is -2.07. The summed E-state index contributed by atoms with van der Waals surface area (Å²) in [4.78, 5) is 0. The summed E-state index contributed by atoms with van der Waals surface area (Å²) in [5.74, 6) is 0.660. The van der Waals surface area contributed by atoms with Crippen LogP contribution in [0, 0.1) is 0 Å². The first-order valence-corrected chi connectivity index (χ1v) is 6.52. The topological polar surface area (TPSA) is 72.5 Å². The van der Waals surface area contributed by atoms with E-state index in [0.717, 1.165) is 29.6 Å². The lowest BCUT2D eigenvalue weighted by Gasteiger charge is -2.09. The molecule has 5 nitrogen and oxygen atoms in total. The van der Waals surface area contributed by atoms with E-state index < -0.39 is 0 Å². The van der Waals surface area contributed by atoms with Gasteiger partial charge in [0.15, 0.2) is 5.65 Å². The molecule has 0 amide bonds. The van der Waals surface area contributed by atoms with E-state index in [0.29, 0.717) is 11.9 Å². The molecule has 17 heavy (non-hydrogen) atoms. The quantitative estimate of drug-likeness (QED) is 0.855. The molecule has 0 bridgehead atoms. The number of hydrogen-bond donors (Lipinski definition) is 2. The Morgan fingerprint density at radius 3 is 2.88 bits per heavy atom. The van der Waals surface area contributed by atoms with Gasteiger partial charge in [0.2, 0.25) is 0 Å². The van der Waals surface area contributed by atoms with Crippen molar-refractivity contribution in [2.45, 2.75) is 51.5 Å². The number of hydrogen-bond acceptors (Lipinski definition) is 3. The molecule has 0 unspecified atom stereocenters. The van der Waals surface area contributed by atoms with Crippen LogP contribution in [0.1, 0.15) is 50.8 Å². The van der Waals surface area contributed by atoms with E-state index in [1.165, 1.54) is 25.7 Å². The van der Waals surface area contributed by atoms with E-state index in [1.54, 1.807) is 0 Å². The first-order valence-electron chi connectivity index (χ1n) is 6.52. The van der Waals surface area contributed by atoms with Gasteiger partial charge in [-0.15, -0.1) is 0 Å². The third-order valence-corrected chi connectivity index (χ3v) is 3.67. The van der Waals surface area contributed by atoms with Gasteiger partial charge in [-0.2, -0.15) is 10.2 Å². The highest BCUT2D eigenvalue weighted by Crippen LogP contribution is 2.33. The fourth-order valence-electron chi connectivity index (χ4n) is 2.84. The van der Waals surface area contributed by atoms with E-state index in [4.69, 9.17) is 10.8 Å². The normalized spacial score (nSPS) is 17.2. The smallest absolute Gasteiger partial charge is 0.182 e. The maximum absolute atomic E-state index is 5.95. The summed E-state index contributed by atoms with van der Waals surface area (Å²) in [6.07, 6.45) is 7.09. The number of aromatic amines is 1. The van der Waals surface area contributed by atoms with Gasteiger partial charge in [0.1, 0.15) is 5.82 Å². The number of rotatable bonds is 3. The molecule has 1 fully saturated rings. The van der Waals surface area contributed by atoms with Crippen LogP contribution < -0.4 is 5.73 Å². The molecule has 1 aliphatic carbocycles. The zero-order chi connectivity index (χ0) is 11.8. The first kappa shape index (κ1) is 10.6. The third-order valence-electron chi connectivity index (χ3n) is 3.67. The Labute approximate surface area is 100 Å². The minimum atomic E-state index is 0.519. The molecule has 1 aliphatic rings. The summed E-state index contributed by atoms with van der Waals surface area (Å²) in [6.45, 7) is 2.16. The first-order chi connectivity index (χ1) is 8.31. The summed E-state index contributed by atoms with van der Waals surface area (Å²) in [5, 5.41) is 13.0. The zero-order valence-electron chi connectivity index (χ0n) is 10.2. The molecular formula is C12H19N5. The van der Waals surface area contributed by atoms with Crippen molar-refractivity contribution >= 4 is 16.9 Å². The number of fused-ring (bicyclic) bond motifs is 1. The molecule has 0 atom stereocenters. The molecule has 0 radical (unpaired) electrons. The number of anilines is 1. The van der Waals surface area contributed by atoms with Crippen LogP contribution in [-0.4, -0.2) is 20.0 Å². The van der Waals surface area contributed by atoms with Gasteiger partial charge in [-0.1, -0.05) is 26.2 Å². The summed E-state index contributed by atoms with van der Waals surface area (Å²) in [5.41, 5.74) is 7.99. The zero-order valence-corrected chi connectivity index (χ0v) is 10.2. The highest BCUT2D eigenvalue weighted by molar-refractivity contribution is 5.89. The Morgan fingerprint density at radius 2 is 2.18 bits per heavy atom. The molecule has 92 valence electrons. The van der Waals surface area contributed by atoms with Gasteiger partial charge in [-0.3, -0.25) is 5.10 Å². The lowest BCUT2D eigenvalue weighted by molar-refractivity contribution is 0.473. The van der Waals surface area contributed by atoms with E-state index in [2.05, 4.69) is 21.8 Å². The van der Waals surface area contributed by atoms with Crippen LogP contribution in [0.2, 0.25) is 0 Å². The molecule has 0 aliphatic heterocycles. The van der Waals surface area contributed by atoms with Crippen LogP contribution >= 0.6 is 0 Å². The van der Waals surface area contributed by atoms with Crippen LogP contribution in [0.4, 0.5) is 5.82 Å². The van der Waals surface area contributed by atoms with E-state index in [9.17, 15) is 0 Å². The SMILES string of the molecule is CCCc1nn(C2CCCC2)c2n[nH]c(N)c12. The monoisotopic (exact) mass is 233 g/mol. The molecule has 1 saturated carbocycles. The van der Waals surface area contributed by atoms with Crippen LogP contribution in [-0.2, 0) is 6.42 Å². The predicted molar refractivity (Wildman–Crippen MR) is 67.8 cm³/mol. The molecule has 2 aromatic rings. The number of H-pyrrole nitrogens is 1. The summed E-state index contributed by atoms with van der Waals surface area (Å²) in [6, 6.07) is 0.519. The molecule has 3 rings (SSSR count). The van der Waals surface area contributed by atoms with Crippen LogP contribution in [0.15, 0.2) is 0 Å². The number of nitrogens with two attached hydrogens (primary N) is 1. The molecule has 0 aromatic carbocycles. The van der Waals surface area contributed by atoms with Crippen molar-refractivity contribution in [2.24, 2.45) is 0 Å². The second-order valence-corrected chi connectivity index (χ2v) is 4.92. The van der Waals surface area contributed by atoms with Gasteiger partial charge in [0.25, 0.3) is 0 Å². The van der Waals surface area contributed by atoms with Crippen LogP contribution in [0.3, 0.4) is 0 Å². The van der Waals surface area contributed by atoms with Crippen molar-refractivity contribution in [1.29, 1.82) is 0 Å². The highest BCUT2D eigenvalue weighted by Gasteiger charge is 2.23. The van der Waals surface area contributed by atoms with E-state index in [1.807, 2.05) is 0 Å². The number of nitrogens with zero attached hydrogens (tertiary/aromatic N) is 3. The van der Waals surface area contributed by atoms with Crippen molar-refractivity contribution in [3.63, 3.8) is 0 Å².